The van der Waals surface area contributed by atoms with E-state index in [1.807, 2.05) is 19.9 Å². The predicted octanol–water partition coefficient (Wildman–Crippen LogP) is 6.69. The van der Waals surface area contributed by atoms with E-state index in [0.717, 1.165) is 24.8 Å². The summed E-state index contributed by atoms with van der Waals surface area (Å²) in [5.74, 6) is -3.12. The molecule has 4 fully saturated rings. The largest absolute Gasteiger partial charge is 0.467 e. The molecule has 4 saturated carbocycles. The molecule has 8 nitrogen and oxygen atoms in total. The van der Waals surface area contributed by atoms with Crippen LogP contribution in [0.15, 0.2) is 24.3 Å². The van der Waals surface area contributed by atoms with E-state index in [1.54, 1.807) is 26.0 Å². The Bertz CT molecular complexity index is 1600. The topological polar surface area (TPSA) is 107 Å². The third-order valence-corrected chi connectivity index (χ3v) is 11.2. The second kappa shape index (κ2) is 10.3. The highest BCUT2D eigenvalue weighted by atomic mass is 32.2. The number of carbonyl (C=O) groups excluding carboxylic acids is 3. The summed E-state index contributed by atoms with van der Waals surface area (Å²) in [6, 6.07) is 6.80. The summed E-state index contributed by atoms with van der Waals surface area (Å²) in [5, 5.41) is -4.43. The first-order valence-corrected chi connectivity index (χ1v) is 16.5. The molecule has 2 aromatic rings. The minimum atomic E-state index is -6.15. The van der Waals surface area contributed by atoms with Crippen molar-refractivity contribution in [3.05, 3.63) is 46.5 Å². The van der Waals surface area contributed by atoms with Gasteiger partial charge in [-0.2, -0.15) is 17.2 Å². The Morgan fingerprint density at radius 3 is 2.14 bits per heavy atom. The number of hydrogen-bond donors (Lipinski definition) is 0. The molecule has 0 spiro atoms. The van der Waals surface area contributed by atoms with Crippen LogP contribution in [0.25, 0.3) is 10.8 Å². The molecule has 4 bridgehead atoms. The zero-order valence-electron chi connectivity index (χ0n) is 24.8. The lowest BCUT2D eigenvalue weighted by Gasteiger charge is -2.57. The first-order chi connectivity index (χ1) is 20.1. The lowest BCUT2D eigenvalue weighted by atomic mass is 9.49. The number of halogens is 2. The molecular formula is C32H37F2NO7S. The fraction of sp³-hybridized carbons (Fsp3) is 0.594. The van der Waals surface area contributed by atoms with Gasteiger partial charge in [0, 0.05) is 5.39 Å². The summed E-state index contributed by atoms with van der Waals surface area (Å²) in [6.45, 7) is 7.05. The molecule has 1 aliphatic heterocycles. The van der Waals surface area contributed by atoms with Crippen LogP contribution < -0.4 is 0 Å². The minimum Gasteiger partial charge on any atom is -0.460 e. The van der Waals surface area contributed by atoms with Crippen molar-refractivity contribution in [2.75, 3.05) is 6.61 Å². The molecule has 7 rings (SSSR count). The molecule has 0 N–H and O–H groups in total. The first kappa shape index (κ1) is 30.1. The second-order valence-corrected chi connectivity index (χ2v) is 15.3. The maximum absolute atomic E-state index is 15.2. The summed E-state index contributed by atoms with van der Waals surface area (Å²) in [6.07, 6.45) is 6.88. The van der Waals surface area contributed by atoms with E-state index in [2.05, 4.69) is 4.28 Å². The average Bonchev–Trinajstić information content (AvgIpc) is 2.92. The number of hydroxylamine groups is 2. The van der Waals surface area contributed by atoms with Crippen LogP contribution >= 0.6 is 0 Å². The quantitative estimate of drug-likeness (QED) is 0.228. The van der Waals surface area contributed by atoms with Crippen LogP contribution in [0.5, 0.6) is 0 Å². The van der Waals surface area contributed by atoms with Crippen LogP contribution in [0.3, 0.4) is 0 Å². The number of imide groups is 1. The van der Waals surface area contributed by atoms with Gasteiger partial charge in [-0.3, -0.25) is 9.59 Å². The first-order valence-electron chi connectivity index (χ1n) is 15.1. The van der Waals surface area contributed by atoms with Gasteiger partial charge in [-0.25, -0.2) is 4.79 Å². The normalized spacial score (nSPS) is 26.7. The highest BCUT2D eigenvalue weighted by Crippen LogP contribution is 2.61. The Morgan fingerprint density at radius 2 is 1.58 bits per heavy atom. The molecule has 4 aliphatic carbocycles. The van der Waals surface area contributed by atoms with Crippen molar-refractivity contribution in [3.63, 3.8) is 0 Å². The van der Waals surface area contributed by atoms with Gasteiger partial charge in [0.1, 0.15) is 0 Å². The molecule has 0 saturated heterocycles. The Labute approximate surface area is 250 Å². The number of carbonyl (C=O) groups is 3. The third kappa shape index (κ3) is 4.96. The van der Waals surface area contributed by atoms with Crippen LogP contribution in [0.4, 0.5) is 8.78 Å². The molecule has 11 heteroatoms. The van der Waals surface area contributed by atoms with Crippen LogP contribution in [0.2, 0.25) is 0 Å². The van der Waals surface area contributed by atoms with Crippen LogP contribution in [0, 0.1) is 23.2 Å². The monoisotopic (exact) mass is 617 g/mol. The Morgan fingerprint density at radius 1 is 0.977 bits per heavy atom. The summed E-state index contributed by atoms with van der Waals surface area (Å²) >= 11 is 0. The fourth-order valence-corrected chi connectivity index (χ4v) is 9.07. The smallest absolute Gasteiger partial charge is 0.460 e. The van der Waals surface area contributed by atoms with Crippen molar-refractivity contribution in [2.24, 2.45) is 23.2 Å². The Hall–Kier alpha value is -2.92. The van der Waals surface area contributed by atoms with E-state index < -0.39 is 33.2 Å². The summed E-state index contributed by atoms with van der Waals surface area (Å²) in [5.41, 5.74) is 1.10. The fourth-order valence-electron chi connectivity index (χ4n) is 8.38. The molecule has 0 radical (unpaired) electrons. The molecule has 0 atom stereocenters. The van der Waals surface area contributed by atoms with Gasteiger partial charge in [0.05, 0.1) is 17.7 Å². The molecule has 232 valence electrons. The van der Waals surface area contributed by atoms with Crippen molar-refractivity contribution in [2.45, 2.75) is 89.7 Å². The van der Waals surface area contributed by atoms with Gasteiger partial charge in [-0.05, 0) is 103 Å². The maximum Gasteiger partial charge on any atom is 0.467 e. The van der Waals surface area contributed by atoms with Gasteiger partial charge in [0.25, 0.3) is 11.8 Å². The van der Waals surface area contributed by atoms with Crippen molar-refractivity contribution >= 4 is 38.7 Å². The number of benzene rings is 2. The minimum absolute atomic E-state index is 0.00549. The number of esters is 1. The molecule has 2 amide bonds. The zero-order valence-corrected chi connectivity index (χ0v) is 25.6. The van der Waals surface area contributed by atoms with E-state index in [4.69, 9.17) is 4.74 Å². The lowest BCUT2D eigenvalue weighted by molar-refractivity contribution is -0.164. The van der Waals surface area contributed by atoms with Gasteiger partial charge in [0.15, 0.2) is 0 Å². The maximum atomic E-state index is 15.2. The van der Waals surface area contributed by atoms with Gasteiger partial charge in [0.2, 0.25) is 0 Å². The Balaban J connectivity index is 1.23. The molecule has 43 heavy (non-hydrogen) atoms. The van der Waals surface area contributed by atoms with Crippen molar-refractivity contribution in [1.82, 2.24) is 5.06 Å². The highest BCUT2D eigenvalue weighted by Gasteiger charge is 2.59. The molecule has 5 aliphatic rings. The van der Waals surface area contributed by atoms with Gasteiger partial charge in [-0.1, -0.05) is 45.9 Å². The molecular weight excluding hydrogens is 580 g/mol. The van der Waals surface area contributed by atoms with E-state index >= 15 is 8.78 Å². The van der Waals surface area contributed by atoms with Gasteiger partial charge < -0.3 is 4.74 Å². The third-order valence-electron chi connectivity index (χ3n) is 10.0. The molecule has 0 unspecified atom stereocenters. The predicted molar refractivity (Wildman–Crippen MR) is 154 cm³/mol. The SMILES string of the molecule is CC(C)c1cc2c3c(c(C(C)C)ccc3c1)C(=O)N(OS(=O)(=O)C(F)(F)C(=O)OCCC13CC4CC(CC(C4)C1)C3)C2=O. The van der Waals surface area contributed by atoms with E-state index in [0.29, 0.717) is 40.5 Å². The van der Waals surface area contributed by atoms with Crippen LogP contribution in [-0.4, -0.2) is 43.1 Å². The number of rotatable bonds is 9. The number of hydrogen-bond acceptors (Lipinski definition) is 7. The standard InChI is InChI=1S/C32H37F2NO7S/c1-17(2)23-12-22-5-6-24(18(3)4)27-26(22)25(13-23)28(36)35(29(27)37)42-43(39,40)32(33,34)30(38)41-8-7-31-14-19-9-20(15-31)11-21(10-19)16-31/h5-6,12-13,17-21H,7-11,14-16H2,1-4H3. The van der Waals surface area contributed by atoms with E-state index in [9.17, 15) is 22.8 Å². The number of ether oxygens (including phenoxy) is 1. The Kier molecular flexibility index (Phi) is 7.23. The number of alkyl halides is 2. The van der Waals surface area contributed by atoms with Gasteiger partial charge in [-0.15, -0.1) is 9.35 Å². The van der Waals surface area contributed by atoms with Crippen molar-refractivity contribution in [3.8, 4) is 0 Å². The summed E-state index contributed by atoms with van der Waals surface area (Å²) < 4.78 is 65.4. The van der Waals surface area contributed by atoms with Gasteiger partial charge >= 0.3 is 21.3 Å². The van der Waals surface area contributed by atoms with Crippen molar-refractivity contribution < 1.29 is 40.6 Å². The highest BCUT2D eigenvalue weighted by molar-refractivity contribution is 7.88. The number of nitrogens with zero attached hydrogens (tertiary/aromatic N) is 1. The molecule has 0 aromatic heterocycles. The second-order valence-electron chi connectivity index (χ2n) is 13.8. The van der Waals surface area contributed by atoms with E-state index in [1.165, 1.54) is 25.3 Å². The summed E-state index contributed by atoms with van der Waals surface area (Å²) in [7, 11) is -6.15. The zero-order chi connectivity index (χ0) is 31.1. The molecule has 1 heterocycles. The number of amides is 2. The summed E-state index contributed by atoms with van der Waals surface area (Å²) in [4.78, 5) is 39.5. The van der Waals surface area contributed by atoms with Crippen molar-refractivity contribution in [1.29, 1.82) is 0 Å². The average molecular weight is 618 g/mol. The van der Waals surface area contributed by atoms with Crippen LogP contribution in [-0.2, 0) is 23.9 Å². The molecule has 2 aromatic carbocycles. The lowest BCUT2D eigenvalue weighted by Crippen LogP contribution is -2.49. The van der Waals surface area contributed by atoms with Crippen LogP contribution in [0.1, 0.15) is 116 Å². The van der Waals surface area contributed by atoms with E-state index in [-0.39, 0.29) is 40.0 Å².